The van der Waals surface area contributed by atoms with Gasteiger partial charge < -0.3 is 14.6 Å². The molecule has 2 aliphatic carbocycles. The summed E-state index contributed by atoms with van der Waals surface area (Å²) in [5.41, 5.74) is 0.102. The van der Waals surface area contributed by atoms with Crippen molar-refractivity contribution in [2.75, 3.05) is 6.61 Å². The molecule has 4 rings (SSSR count). The normalized spacial score (nSPS) is 24.6. The number of ether oxygens (including phenoxy) is 2. The predicted octanol–water partition coefficient (Wildman–Crippen LogP) is 8.66. The second-order valence-electron chi connectivity index (χ2n) is 10.5. The summed E-state index contributed by atoms with van der Waals surface area (Å²) < 4.78 is 103. The minimum atomic E-state index is -5.26. The standard InChI is InChI=1S/C29H31F7O3/c30-25-15-22(16-26(31)27(25)39-29(34,35)36)21-9-13-24(14-10-21)38-28(32,33)23-11-7-19(8-12-23)2-1-18-3-5-20(17-37)6-4-18/h1-2,9-10,13-16,18-20,23,37H,3-8,11-12,17H2/b2-1+. The maximum absolute atomic E-state index is 14.9. The van der Waals surface area contributed by atoms with Crippen LogP contribution in [0, 0.1) is 35.3 Å². The molecular weight excluding hydrogens is 529 g/mol. The minimum absolute atomic E-state index is 0.0920. The van der Waals surface area contributed by atoms with Crippen molar-refractivity contribution < 1.29 is 45.3 Å². The van der Waals surface area contributed by atoms with Crippen LogP contribution < -0.4 is 9.47 Å². The SMILES string of the molecule is OCC1CCC(/C=C/C2CCC(C(F)(F)Oc3ccc(-c4cc(F)c(OC(F)(F)F)c(F)c4)cc3)CC2)CC1. The quantitative estimate of drug-likeness (QED) is 0.259. The molecule has 2 aliphatic rings. The van der Waals surface area contributed by atoms with Crippen molar-refractivity contribution in [1.82, 2.24) is 0 Å². The van der Waals surface area contributed by atoms with Gasteiger partial charge in [0, 0.05) is 6.61 Å². The van der Waals surface area contributed by atoms with Crippen LogP contribution in [0.3, 0.4) is 0 Å². The zero-order chi connectivity index (χ0) is 28.2. The number of rotatable bonds is 8. The molecule has 0 aliphatic heterocycles. The molecule has 2 aromatic carbocycles. The Morgan fingerprint density at radius 2 is 1.23 bits per heavy atom. The summed E-state index contributed by atoms with van der Waals surface area (Å²) in [7, 11) is 0. The lowest BCUT2D eigenvalue weighted by atomic mass is 9.79. The fourth-order valence-electron chi connectivity index (χ4n) is 5.42. The summed E-state index contributed by atoms with van der Waals surface area (Å²) >= 11 is 0. The lowest BCUT2D eigenvalue weighted by Crippen LogP contribution is -2.37. The van der Waals surface area contributed by atoms with Crippen molar-refractivity contribution >= 4 is 0 Å². The van der Waals surface area contributed by atoms with Crippen LogP contribution in [0.5, 0.6) is 11.5 Å². The van der Waals surface area contributed by atoms with Crippen molar-refractivity contribution in [2.24, 2.45) is 23.7 Å². The molecule has 2 saturated carbocycles. The van der Waals surface area contributed by atoms with E-state index in [4.69, 9.17) is 4.74 Å². The molecule has 0 heterocycles. The second kappa shape index (κ2) is 12.2. The first-order chi connectivity index (χ1) is 18.4. The van der Waals surface area contributed by atoms with Gasteiger partial charge in [0.15, 0.2) is 11.6 Å². The molecule has 0 radical (unpaired) electrons. The van der Waals surface area contributed by atoms with Gasteiger partial charge in [-0.05, 0) is 105 Å². The molecule has 0 atom stereocenters. The van der Waals surface area contributed by atoms with Crippen LogP contribution in [-0.2, 0) is 0 Å². The van der Waals surface area contributed by atoms with Gasteiger partial charge >= 0.3 is 12.5 Å². The van der Waals surface area contributed by atoms with E-state index >= 15 is 0 Å². The fraction of sp³-hybridized carbons (Fsp3) is 0.517. The highest BCUT2D eigenvalue weighted by atomic mass is 19.4. The van der Waals surface area contributed by atoms with Gasteiger partial charge in [-0.1, -0.05) is 24.3 Å². The summed E-state index contributed by atoms with van der Waals surface area (Å²) in [5, 5.41) is 9.26. The van der Waals surface area contributed by atoms with Crippen molar-refractivity contribution in [3.63, 3.8) is 0 Å². The van der Waals surface area contributed by atoms with Gasteiger partial charge in [0.25, 0.3) is 0 Å². The first kappa shape index (κ1) is 29.2. The lowest BCUT2D eigenvalue weighted by Gasteiger charge is -2.32. The Morgan fingerprint density at radius 1 is 0.718 bits per heavy atom. The topological polar surface area (TPSA) is 38.7 Å². The molecule has 10 heteroatoms. The highest BCUT2D eigenvalue weighted by molar-refractivity contribution is 5.65. The monoisotopic (exact) mass is 560 g/mol. The van der Waals surface area contributed by atoms with E-state index in [9.17, 15) is 35.8 Å². The Morgan fingerprint density at radius 3 is 1.72 bits per heavy atom. The summed E-state index contributed by atoms with van der Waals surface area (Å²) in [6.45, 7) is 0.235. The fourth-order valence-corrected chi connectivity index (χ4v) is 5.42. The molecule has 0 bridgehead atoms. The van der Waals surface area contributed by atoms with E-state index < -0.39 is 35.8 Å². The van der Waals surface area contributed by atoms with E-state index in [2.05, 4.69) is 16.9 Å². The first-order valence-corrected chi connectivity index (χ1v) is 13.1. The van der Waals surface area contributed by atoms with E-state index in [1.54, 1.807) is 0 Å². The van der Waals surface area contributed by atoms with E-state index in [1.807, 2.05) is 0 Å². The van der Waals surface area contributed by atoms with E-state index in [1.165, 1.54) is 24.3 Å². The van der Waals surface area contributed by atoms with Gasteiger partial charge in [-0.15, -0.1) is 13.2 Å². The highest BCUT2D eigenvalue weighted by Gasteiger charge is 2.43. The van der Waals surface area contributed by atoms with Crippen LogP contribution in [0.15, 0.2) is 48.6 Å². The Balaban J connectivity index is 1.31. The van der Waals surface area contributed by atoms with Gasteiger partial charge in [0.1, 0.15) is 5.75 Å². The summed E-state index contributed by atoms with van der Waals surface area (Å²) in [6, 6.07) is 6.36. The Labute approximate surface area is 222 Å². The van der Waals surface area contributed by atoms with Gasteiger partial charge in [0.2, 0.25) is 5.75 Å². The molecule has 0 saturated heterocycles. The molecular formula is C29H31F7O3. The molecule has 2 fully saturated rings. The van der Waals surface area contributed by atoms with Crippen LogP contribution in [0.2, 0.25) is 0 Å². The maximum Gasteiger partial charge on any atom is 0.573 e. The summed E-state index contributed by atoms with van der Waals surface area (Å²) in [6.07, 6.45) is 1.70. The number of halogens is 7. The number of benzene rings is 2. The van der Waals surface area contributed by atoms with Gasteiger partial charge in [0.05, 0.1) is 5.92 Å². The average molecular weight is 561 g/mol. The first-order valence-electron chi connectivity index (χ1n) is 13.1. The molecule has 1 N–H and O–H groups in total. The third-order valence-corrected chi connectivity index (χ3v) is 7.71. The van der Waals surface area contributed by atoms with Crippen LogP contribution in [0.1, 0.15) is 51.4 Å². The zero-order valence-electron chi connectivity index (χ0n) is 21.2. The van der Waals surface area contributed by atoms with Crippen LogP contribution in [0.4, 0.5) is 30.7 Å². The van der Waals surface area contributed by atoms with Crippen LogP contribution in [-0.4, -0.2) is 24.2 Å². The van der Waals surface area contributed by atoms with Crippen LogP contribution >= 0.6 is 0 Å². The third-order valence-electron chi connectivity index (χ3n) is 7.71. The van der Waals surface area contributed by atoms with Gasteiger partial charge in [-0.25, -0.2) is 8.78 Å². The largest absolute Gasteiger partial charge is 0.573 e. The molecule has 214 valence electrons. The number of alkyl halides is 5. The summed E-state index contributed by atoms with van der Waals surface area (Å²) in [4.78, 5) is 0. The number of hydrogen-bond acceptors (Lipinski definition) is 3. The minimum Gasteiger partial charge on any atom is -0.432 e. The highest BCUT2D eigenvalue weighted by Crippen LogP contribution is 2.41. The Kier molecular flexibility index (Phi) is 9.14. The maximum atomic E-state index is 14.9. The van der Waals surface area contributed by atoms with E-state index in [-0.39, 0.29) is 29.4 Å². The number of allylic oxidation sites excluding steroid dienone is 2. The average Bonchev–Trinajstić information content (AvgIpc) is 2.89. The lowest BCUT2D eigenvalue weighted by molar-refractivity contribution is -0.276. The molecule has 2 aromatic rings. The number of hydrogen-bond donors (Lipinski definition) is 1. The Hall–Kier alpha value is -2.75. The predicted molar refractivity (Wildman–Crippen MR) is 131 cm³/mol. The van der Waals surface area contributed by atoms with E-state index in [0.717, 1.165) is 25.7 Å². The third kappa shape index (κ3) is 7.90. The van der Waals surface area contributed by atoms with Crippen molar-refractivity contribution in [1.29, 1.82) is 0 Å². The second-order valence-corrected chi connectivity index (χ2v) is 10.5. The molecule has 3 nitrogen and oxygen atoms in total. The molecule has 0 aromatic heterocycles. The Bertz CT molecular complexity index is 1090. The summed E-state index contributed by atoms with van der Waals surface area (Å²) in [5.74, 6) is -4.63. The number of aliphatic hydroxyl groups excluding tert-OH is 1. The van der Waals surface area contributed by atoms with Crippen molar-refractivity contribution in [3.8, 4) is 22.6 Å². The van der Waals surface area contributed by atoms with Crippen molar-refractivity contribution in [3.05, 3.63) is 60.2 Å². The molecule has 0 spiro atoms. The number of aliphatic hydroxyl groups is 1. The molecule has 39 heavy (non-hydrogen) atoms. The zero-order valence-corrected chi connectivity index (χ0v) is 21.2. The van der Waals surface area contributed by atoms with Gasteiger partial charge in [-0.2, -0.15) is 8.78 Å². The van der Waals surface area contributed by atoms with Crippen molar-refractivity contribution in [2.45, 2.75) is 63.8 Å². The van der Waals surface area contributed by atoms with Gasteiger partial charge in [-0.3, -0.25) is 0 Å². The van der Waals surface area contributed by atoms with Crippen LogP contribution in [0.25, 0.3) is 11.1 Å². The smallest absolute Gasteiger partial charge is 0.432 e. The molecule has 0 amide bonds. The van der Waals surface area contributed by atoms with E-state index in [0.29, 0.717) is 49.7 Å². The molecule has 0 unspecified atom stereocenters.